The maximum absolute atomic E-state index is 4.85. The molecule has 0 saturated heterocycles. The monoisotopic (exact) mass is 260 g/mol. The standard InChI is InChI=1S/C8H12.ClH.In.2H/c1-2-4-6-8-7-5-3-1;;;;/h1-2,7-8H,3-6H2;1H;;;/q;;+1;;/p-1/b2-1-,8-7?;;;;. The molecule has 1 aliphatic rings. The van der Waals surface area contributed by atoms with Gasteiger partial charge >= 0.3 is 31.8 Å². The van der Waals surface area contributed by atoms with Crippen LogP contribution in [-0.2, 0) is 0 Å². The van der Waals surface area contributed by atoms with Crippen LogP contribution in [0.3, 0.4) is 0 Å². The third kappa shape index (κ3) is 6.76. The Bertz CT molecular complexity index is 81.8. The molecule has 0 aromatic carbocycles. The molecular weight excluding hydrogens is 246 g/mol. The van der Waals surface area contributed by atoms with E-state index in [4.69, 9.17) is 8.58 Å². The predicted molar refractivity (Wildman–Crippen MR) is 51.1 cm³/mol. The van der Waals surface area contributed by atoms with Gasteiger partial charge in [0.15, 0.2) is 0 Å². The molecule has 0 heterocycles. The summed E-state index contributed by atoms with van der Waals surface area (Å²) in [5.41, 5.74) is 0. The average molecular weight is 260 g/mol. The van der Waals surface area contributed by atoms with Gasteiger partial charge < -0.3 is 0 Å². The van der Waals surface area contributed by atoms with Gasteiger partial charge in [0.25, 0.3) is 0 Å². The topological polar surface area (TPSA) is 0 Å². The van der Waals surface area contributed by atoms with Crippen molar-refractivity contribution in [2.24, 2.45) is 0 Å². The summed E-state index contributed by atoms with van der Waals surface area (Å²) in [6, 6.07) is 0. The zero-order valence-corrected chi connectivity index (χ0v) is 13.0. The van der Waals surface area contributed by atoms with Gasteiger partial charge in [-0.05, 0) is 25.7 Å². The van der Waals surface area contributed by atoms with Gasteiger partial charge in [0.1, 0.15) is 0 Å². The van der Waals surface area contributed by atoms with Gasteiger partial charge in [0, 0.05) is 0 Å². The summed E-state index contributed by atoms with van der Waals surface area (Å²) in [4.78, 5) is 0. The third-order valence-corrected chi connectivity index (χ3v) is 1.33. The summed E-state index contributed by atoms with van der Waals surface area (Å²) in [6.45, 7) is 0. The number of hydrogen-bond donors (Lipinski definition) is 0. The van der Waals surface area contributed by atoms with E-state index < -0.39 is 0 Å². The normalized spacial score (nSPS) is 19.7. The molecule has 0 saturated carbocycles. The van der Waals surface area contributed by atoms with Crippen molar-refractivity contribution >= 4 is 31.8 Å². The summed E-state index contributed by atoms with van der Waals surface area (Å²) in [5, 5.41) is 0. The summed E-state index contributed by atoms with van der Waals surface area (Å²) >= 11 is 0.422. The molecule has 0 aromatic heterocycles. The Morgan fingerprint density at radius 3 is 1.10 bits per heavy atom. The van der Waals surface area contributed by atoms with E-state index in [1.54, 1.807) is 0 Å². The van der Waals surface area contributed by atoms with Gasteiger partial charge in [0.2, 0.25) is 0 Å². The van der Waals surface area contributed by atoms with Crippen LogP contribution in [0, 0.1) is 0 Å². The van der Waals surface area contributed by atoms with Gasteiger partial charge in [-0.15, -0.1) is 0 Å². The number of hydrogen-bond acceptors (Lipinski definition) is 0. The Balaban J connectivity index is 0.000000371. The van der Waals surface area contributed by atoms with E-state index in [0.29, 0.717) is 23.2 Å². The van der Waals surface area contributed by atoms with Crippen LogP contribution in [0.2, 0.25) is 0 Å². The van der Waals surface area contributed by atoms with Gasteiger partial charge in [0.05, 0.1) is 0 Å². The van der Waals surface area contributed by atoms with Crippen molar-refractivity contribution in [3.63, 3.8) is 0 Å². The molecule has 0 spiro atoms. The summed E-state index contributed by atoms with van der Waals surface area (Å²) in [7, 11) is 4.85. The molecule has 1 aliphatic carbocycles. The molecule has 0 atom stereocenters. The first-order valence-electron chi connectivity index (χ1n) is 3.68. The van der Waals surface area contributed by atoms with Gasteiger partial charge in [-0.25, -0.2) is 0 Å². The predicted octanol–water partition coefficient (Wildman–Crippen LogP) is 2.45. The van der Waals surface area contributed by atoms with Crippen LogP contribution >= 0.6 is 8.58 Å². The Morgan fingerprint density at radius 1 is 0.700 bits per heavy atom. The minimum absolute atomic E-state index is 0.422. The molecule has 2 heteroatoms. The second-order valence-corrected chi connectivity index (χ2v) is 2.10. The van der Waals surface area contributed by atoms with Crippen molar-refractivity contribution in [3.05, 3.63) is 24.3 Å². The number of rotatable bonds is 0. The molecule has 10 heavy (non-hydrogen) atoms. The van der Waals surface area contributed by atoms with Crippen LogP contribution in [0.15, 0.2) is 24.3 Å². The first-order chi connectivity index (χ1) is 5.00. The van der Waals surface area contributed by atoms with E-state index in [1.807, 2.05) is 0 Å². The molecule has 0 fully saturated rings. The Morgan fingerprint density at radius 2 is 0.900 bits per heavy atom. The first-order valence-corrected chi connectivity index (χ1v) is 10.9. The van der Waals surface area contributed by atoms with Gasteiger partial charge in [-0.3, -0.25) is 0 Å². The Hall–Kier alpha value is 0.640. The van der Waals surface area contributed by atoms with E-state index in [2.05, 4.69) is 24.3 Å². The van der Waals surface area contributed by atoms with Crippen LogP contribution in [0.4, 0.5) is 0 Å². The molecule has 0 nitrogen and oxygen atoms in total. The Labute approximate surface area is 81.5 Å². The average Bonchev–Trinajstić information content (AvgIpc) is 1.90. The van der Waals surface area contributed by atoms with E-state index in [9.17, 15) is 0 Å². The summed E-state index contributed by atoms with van der Waals surface area (Å²) in [5.74, 6) is 0. The molecule has 1 rings (SSSR count). The van der Waals surface area contributed by atoms with Crippen molar-refractivity contribution < 1.29 is 0 Å². The van der Waals surface area contributed by atoms with Gasteiger partial charge in [-0.1, -0.05) is 24.3 Å². The van der Waals surface area contributed by atoms with Crippen molar-refractivity contribution in [1.29, 1.82) is 0 Å². The molecule has 0 bridgehead atoms. The zero-order chi connectivity index (χ0) is 7.66. The van der Waals surface area contributed by atoms with Crippen molar-refractivity contribution in [3.8, 4) is 0 Å². The van der Waals surface area contributed by atoms with E-state index in [1.165, 1.54) is 25.7 Å². The van der Waals surface area contributed by atoms with E-state index >= 15 is 0 Å². The third-order valence-electron chi connectivity index (χ3n) is 1.33. The Kier molecular flexibility index (Phi) is 10.3. The quantitative estimate of drug-likeness (QED) is 0.587. The molecule has 0 aliphatic heterocycles. The zero-order valence-electron chi connectivity index (χ0n) is 6.52. The number of allylic oxidation sites excluding steroid dienone is 4. The fourth-order valence-corrected chi connectivity index (χ4v) is 0.856. The summed E-state index contributed by atoms with van der Waals surface area (Å²) < 4.78 is 0. The van der Waals surface area contributed by atoms with Crippen LogP contribution in [0.1, 0.15) is 25.7 Å². The van der Waals surface area contributed by atoms with E-state index in [-0.39, 0.29) is 0 Å². The molecule has 0 unspecified atom stereocenters. The molecular formula is C8H14ClIn. The van der Waals surface area contributed by atoms with Crippen LogP contribution in [0.25, 0.3) is 0 Å². The minimum atomic E-state index is 0.422. The first kappa shape index (κ1) is 10.6. The molecule has 56 valence electrons. The van der Waals surface area contributed by atoms with Crippen LogP contribution < -0.4 is 0 Å². The van der Waals surface area contributed by atoms with Crippen LogP contribution in [0.5, 0.6) is 0 Å². The van der Waals surface area contributed by atoms with Crippen molar-refractivity contribution in [1.82, 2.24) is 0 Å². The molecule has 0 N–H and O–H groups in total. The van der Waals surface area contributed by atoms with E-state index in [0.717, 1.165) is 0 Å². The second kappa shape index (κ2) is 9.64. The summed E-state index contributed by atoms with van der Waals surface area (Å²) in [6.07, 6.45) is 14.0. The number of halogens is 1. The molecule has 0 aromatic rings. The molecule has 0 amide bonds. The van der Waals surface area contributed by atoms with Crippen molar-refractivity contribution in [2.45, 2.75) is 25.7 Å². The van der Waals surface area contributed by atoms with Crippen molar-refractivity contribution in [2.75, 3.05) is 0 Å². The molecule has 0 radical (unpaired) electrons. The fraction of sp³-hybridized carbons (Fsp3) is 0.500. The second-order valence-electron chi connectivity index (χ2n) is 2.10. The van der Waals surface area contributed by atoms with Gasteiger partial charge in [-0.2, -0.15) is 0 Å². The van der Waals surface area contributed by atoms with Crippen LogP contribution in [-0.4, -0.2) is 23.2 Å². The fourth-order valence-electron chi connectivity index (χ4n) is 0.856. The SMILES string of the molecule is C1=CCC/C=C\CC1.[Cl][InH2]. The maximum atomic E-state index is 4.85.